The highest BCUT2D eigenvalue weighted by atomic mass is 32.1. The lowest BCUT2D eigenvalue weighted by molar-refractivity contribution is -0.113. The zero-order valence-corrected chi connectivity index (χ0v) is 13.7. The molecule has 0 radical (unpaired) electrons. The minimum absolute atomic E-state index is 0.115. The number of unbranched alkanes of at least 4 members (excludes halogenated alkanes) is 1. The van der Waals surface area contributed by atoms with Gasteiger partial charge in [0.05, 0.1) is 5.69 Å². The minimum Gasteiger partial charge on any atom is -0.337 e. The number of aromatic nitrogens is 2. The summed E-state index contributed by atoms with van der Waals surface area (Å²) in [5, 5.41) is 2.04. The van der Waals surface area contributed by atoms with Crippen LogP contribution in [0.2, 0.25) is 0 Å². The fraction of sp³-hybridized carbons (Fsp3) is 0.412. The summed E-state index contributed by atoms with van der Waals surface area (Å²) in [6.07, 6.45) is 7.91. The lowest BCUT2D eigenvalue weighted by Crippen LogP contribution is -1.99. The molecule has 0 N–H and O–H groups in total. The second kappa shape index (κ2) is 7.36. The number of carbonyl (C=O) groups is 1. The number of aryl methyl sites for hydroxylation is 2. The molecule has 0 saturated heterocycles. The number of imidazole rings is 1. The summed E-state index contributed by atoms with van der Waals surface area (Å²) in [6, 6.07) is 4.08. The number of allylic oxidation sites excluding steroid dienone is 1. The quantitative estimate of drug-likeness (QED) is 0.724. The number of hydrogen-bond acceptors (Lipinski definition) is 3. The van der Waals surface area contributed by atoms with E-state index in [0.717, 1.165) is 36.4 Å². The van der Waals surface area contributed by atoms with E-state index in [-0.39, 0.29) is 5.78 Å². The number of Topliss-reactive ketones (excluding diaryl/α,β-unsaturated/α-hetero) is 1. The van der Waals surface area contributed by atoms with E-state index in [0.29, 0.717) is 6.42 Å². The van der Waals surface area contributed by atoms with Crippen LogP contribution in [0.25, 0.3) is 6.08 Å². The summed E-state index contributed by atoms with van der Waals surface area (Å²) >= 11 is 1.68. The second-order valence-electron chi connectivity index (χ2n) is 5.28. The molecule has 2 aromatic heterocycles. The average molecular weight is 302 g/mol. The molecule has 2 heterocycles. The van der Waals surface area contributed by atoms with Gasteiger partial charge in [-0.05, 0) is 30.9 Å². The van der Waals surface area contributed by atoms with Crippen molar-refractivity contribution >= 4 is 23.2 Å². The predicted octanol–water partition coefficient (Wildman–Crippen LogP) is 4.04. The molecule has 0 fully saturated rings. The van der Waals surface area contributed by atoms with Crippen LogP contribution in [-0.2, 0) is 24.7 Å². The third-order valence-electron chi connectivity index (χ3n) is 3.46. The van der Waals surface area contributed by atoms with Crippen molar-refractivity contribution in [3.05, 3.63) is 45.7 Å². The van der Waals surface area contributed by atoms with E-state index in [1.807, 2.05) is 30.8 Å². The predicted molar refractivity (Wildman–Crippen MR) is 88.5 cm³/mol. The Morgan fingerprint density at radius 2 is 2.29 bits per heavy atom. The first-order valence-corrected chi connectivity index (χ1v) is 8.24. The van der Waals surface area contributed by atoms with Gasteiger partial charge >= 0.3 is 0 Å². The highest BCUT2D eigenvalue weighted by Gasteiger charge is 2.09. The maximum Gasteiger partial charge on any atom is 0.156 e. The van der Waals surface area contributed by atoms with Crippen molar-refractivity contribution in [3.8, 4) is 0 Å². The zero-order chi connectivity index (χ0) is 15.2. The average Bonchev–Trinajstić information content (AvgIpc) is 3.06. The normalized spacial score (nSPS) is 11.9. The molecule has 0 aliphatic carbocycles. The Labute approximate surface area is 130 Å². The molecule has 0 spiro atoms. The molecule has 4 heteroatoms. The van der Waals surface area contributed by atoms with Crippen LogP contribution < -0.4 is 0 Å². The van der Waals surface area contributed by atoms with Crippen molar-refractivity contribution in [2.24, 2.45) is 7.05 Å². The van der Waals surface area contributed by atoms with Crippen molar-refractivity contribution in [2.45, 2.75) is 39.5 Å². The van der Waals surface area contributed by atoms with Gasteiger partial charge in [-0.3, -0.25) is 4.79 Å². The molecular weight excluding hydrogens is 280 g/mol. The van der Waals surface area contributed by atoms with Gasteiger partial charge in [0.25, 0.3) is 0 Å². The second-order valence-corrected chi connectivity index (χ2v) is 6.31. The third-order valence-corrected chi connectivity index (χ3v) is 4.34. The van der Waals surface area contributed by atoms with Crippen molar-refractivity contribution in [2.75, 3.05) is 0 Å². The monoisotopic (exact) mass is 302 g/mol. The molecular formula is C17H22N2OS. The van der Waals surface area contributed by atoms with E-state index in [4.69, 9.17) is 0 Å². The van der Waals surface area contributed by atoms with Gasteiger partial charge < -0.3 is 4.57 Å². The Morgan fingerprint density at radius 3 is 2.90 bits per heavy atom. The van der Waals surface area contributed by atoms with Gasteiger partial charge in [-0.15, -0.1) is 11.3 Å². The standard InChI is InChI=1S/C17H22N2OS/c1-4-5-8-17-18-15(12-19(17)3)10-14(13(2)20)11-16-7-6-9-21-16/h6-7,9-10,12H,4-5,8,11H2,1-3H3/b14-10+. The number of thiophene rings is 1. The van der Waals surface area contributed by atoms with Crippen LogP contribution in [0, 0.1) is 0 Å². The minimum atomic E-state index is 0.115. The summed E-state index contributed by atoms with van der Waals surface area (Å²) < 4.78 is 2.06. The van der Waals surface area contributed by atoms with Crippen LogP contribution in [0.3, 0.4) is 0 Å². The van der Waals surface area contributed by atoms with Crippen molar-refractivity contribution in [1.82, 2.24) is 9.55 Å². The first-order chi connectivity index (χ1) is 10.1. The van der Waals surface area contributed by atoms with Gasteiger partial charge in [0, 0.05) is 36.5 Å². The molecule has 3 nitrogen and oxygen atoms in total. The Morgan fingerprint density at radius 1 is 1.48 bits per heavy atom. The highest BCUT2D eigenvalue weighted by Crippen LogP contribution is 2.17. The number of hydrogen-bond donors (Lipinski definition) is 0. The lowest BCUT2D eigenvalue weighted by Gasteiger charge is -2.00. The summed E-state index contributed by atoms with van der Waals surface area (Å²) in [4.78, 5) is 17.7. The van der Waals surface area contributed by atoms with Crippen LogP contribution in [0.1, 0.15) is 43.1 Å². The largest absolute Gasteiger partial charge is 0.337 e. The van der Waals surface area contributed by atoms with E-state index < -0.39 is 0 Å². The summed E-state index contributed by atoms with van der Waals surface area (Å²) in [5.41, 5.74) is 1.70. The lowest BCUT2D eigenvalue weighted by atomic mass is 10.1. The maximum absolute atomic E-state index is 11.8. The fourth-order valence-corrected chi connectivity index (χ4v) is 2.95. The van der Waals surface area contributed by atoms with Crippen LogP contribution in [0.5, 0.6) is 0 Å². The zero-order valence-electron chi connectivity index (χ0n) is 12.9. The molecule has 0 aliphatic rings. The smallest absolute Gasteiger partial charge is 0.156 e. The molecule has 0 aromatic carbocycles. The summed E-state index contributed by atoms with van der Waals surface area (Å²) in [5.74, 6) is 1.20. The molecule has 0 unspecified atom stereocenters. The Balaban J connectivity index is 2.19. The maximum atomic E-state index is 11.8. The molecule has 112 valence electrons. The van der Waals surface area contributed by atoms with Crippen molar-refractivity contribution < 1.29 is 4.79 Å². The molecule has 0 amide bonds. The number of nitrogens with zero attached hydrogens (tertiary/aromatic N) is 2. The van der Waals surface area contributed by atoms with Gasteiger partial charge in [-0.2, -0.15) is 0 Å². The van der Waals surface area contributed by atoms with Gasteiger partial charge in [-0.25, -0.2) is 4.98 Å². The van der Waals surface area contributed by atoms with Crippen LogP contribution in [0.15, 0.2) is 29.3 Å². The van der Waals surface area contributed by atoms with Gasteiger partial charge in [-0.1, -0.05) is 19.4 Å². The summed E-state index contributed by atoms with van der Waals surface area (Å²) in [6.45, 7) is 3.80. The Hall–Kier alpha value is -1.68. The molecule has 0 bridgehead atoms. The molecule has 0 saturated carbocycles. The van der Waals surface area contributed by atoms with Crippen LogP contribution in [0.4, 0.5) is 0 Å². The highest BCUT2D eigenvalue weighted by molar-refractivity contribution is 7.09. The topological polar surface area (TPSA) is 34.9 Å². The number of rotatable bonds is 7. The molecule has 21 heavy (non-hydrogen) atoms. The first kappa shape index (κ1) is 15.7. The van der Waals surface area contributed by atoms with E-state index in [9.17, 15) is 4.79 Å². The van der Waals surface area contributed by atoms with E-state index in [2.05, 4.69) is 22.5 Å². The molecule has 2 aromatic rings. The van der Waals surface area contributed by atoms with Gasteiger partial charge in [0.15, 0.2) is 5.78 Å². The summed E-state index contributed by atoms with van der Waals surface area (Å²) in [7, 11) is 2.02. The number of ketones is 1. The Kier molecular flexibility index (Phi) is 5.51. The van der Waals surface area contributed by atoms with E-state index >= 15 is 0 Å². The third kappa shape index (κ3) is 4.39. The SMILES string of the molecule is CCCCc1nc(/C=C(\Cc2cccs2)C(C)=O)cn1C. The van der Waals surface area contributed by atoms with E-state index in [1.165, 1.54) is 4.88 Å². The molecule has 0 aliphatic heterocycles. The van der Waals surface area contributed by atoms with Crippen LogP contribution >= 0.6 is 11.3 Å². The van der Waals surface area contributed by atoms with Gasteiger partial charge in [0.1, 0.15) is 5.82 Å². The fourth-order valence-electron chi connectivity index (χ4n) is 2.22. The van der Waals surface area contributed by atoms with Crippen LogP contribution in [-0.4, -0.2) is 15.3 Å². The van der Waals surface area contributed by atoms with Crippen molar-refractivity contribution in [3.63, 3.8) is 0 Å². The Bertz CT molecular complexity index is 623. The van der Waals surface area contributed by atoms with E-state index in [1.54, 1.807) is 18.3 Å². The first-order valence-electron chi connectivity index (χ1n) is 7.36. The number of carbonyl (C=O) groups excluding carboxylic acids is 1. The van der Waals surface area contributed by atoms with Crippen molar-refractivity contribution in [1.29, 1.82) is 0 Å². The van der Waals surface area contributed by atoms with Gasteiger partial charge in [0.2, 0.25) is 0 Å². The molecule has 2 rings (SSSR count). The molecule has 0 atom stereocenters.